The Morgan fingerprint density at radius 3 is 2.73 bits per heavy atom. The molecule has 1 aliphatic rings. The van der Waals surface area contributed by atoms with Gasteiger partial charge in [0.1, 0.15) is 5.76 Å². The Kier molecular flexibility index (Phi) is 2.91. The number of carbonyl (C=O) groups is 1. The summed E-state index contributed by atoms with van der Waals surface area (Å²) in [4.78, 5) is 13.4. The van der Waals surface area contributed by atoms with Gasteiger partial charge in [-0.05, 0) is 6.07 Å². The SMILES string of the molecule is O=C(Cc1ccc(O)o1)N1CCOCC1. The van der Waals surface area contributed by atoms with E-state index in [1.807, 2.05) is 0 Å². The van der Waals surface area contributed by atoms with Crippen molar-refractivity contribution in [1.29, 1.82) is 0 Å². The average molecular weight is 211 g/mol. The molecule has 1 amide bonds. The Balaban J connectivity index is 1.91. The van der Waals surface area contributed by atoms with Crippen molar-refractivity contribution in [3.8, 4) is 5.95 Å². The molecule has 0 aromatic carbocycles. The molecule has 1 aliphatic heterocycles. The molecule has 0 unspecified atom stereocenters. The zero-order chi connectivity index (χ0) is 10.7. The van der Waals surface area contributed by atoms with Crippen molar-refractivity contribution < 1.29 is 19.1 Å². The van der Waals surface area contributed by atoms with Gasteiger partial charge in [-0.25, -0.2) is 0 Å². The topological polar surface area (TPSA) is 62.9 Å². The number of hydrogen-bond donors (Lipinski definition) is 1. The van der Waals surface area contributed by atoms with E-state index in [1.54, 1.807) is 11.0 Å². The van der Waals surface area contributed by atoms with E-state index in [0.717, 1.165) is 0 Å². The van der Waals surface area contributed by atoms with Crippen LogP contribution < -0.4 is 0 Å². The van der Waals surface area contributed by atoms with Gasteiger partial charge in [-0.15, -0.1) is 0 Å². The summed E-state index contributed by atoms with van der Waals surface area (Å²) in [7, 11) is 0. The molecule has 5 nitrogen and oxygen atoms in total. The van der Waals surface area contributed by atoms with E-state index in [9.17, 15) is 4.79 Å². The second kappa shape index (κ2) is 4.35. The van der Waals surface area contributed by atoms with E-state index in [1.165, 1.54) is 6.07 Å². The molecule has 1 saturated heterocycles. The fourth-order valence-corrected chi connectivity index (χ4v) is 1.54. The van der Waals surface area contributed by atoms with Crippen molar-refractivity contribution in [2.45, 2.75) is 6.42 Å². The van der Waals surface area contributed by atoms with Gasteiger partial charge in [0.05, 0.1) is 19.6 Å². The minimum atomic E-state index is -0.153. The molecular formula is C10H13NO4. The van der Waals surface area contributed by atoms with E-state index in [0.29, 0.717) is 32.1 Å². The lowest BCUT2D eigenvalue weighted by atomic mass is 10.3. The van der Waals surface area contributed by atoms with Gasteiger partial charge in [-0.3, -0.25) is 4.79 Å². The summed E-state index contributed by atoms with van der Waals surface area (Å²) >= 11 is 0. The third-order valence-electron chi connectivity index (χ3n) is 2.34. The standard InChI is InChI=1S/C10H13NO4/c12-9(11-3-5-14-6-4-11)7-8-1-2-10(13)15-8/h1-2,13H,3-7H2. The van der Waals surface area contributed by atoms with Gasteiger partial charge in [-0.2, -0.15) is 0 Å². The molecule has 2 rings (SSSR count). The second-order valence-corrected chi connectivity index (χ2v) is 3.41. The van der Waals surface area contributed by atoms with E-state index >= 15 is 0 Å². The van der Waals surface area contributed by atoms with Gasteiger partial charge < -0.3 is 19.2 Å². The van der Waals surface area contributed by atoms with Crippen LogP contribution in [-0.4, -0.2) is 42.2 Å². The normalized spacial score (nSPS) is 16.7. The van der Waals surface area contributed by atoms with Crippen LogP contribution in [0.15, 0.2) is 16.5 Å². The number of morpholine rings is 1. The minimum absolute atomic E-state index is 0.00708. The Bertz CT molecular complexity index is 341. The van der Waals surface area contributed by atoms with Crippen LogP contribution in [0.5, 0.6) is 5.95 Å². The molecule has 1 N–H and O–H groups in total. The number of amides is 1. The highest BCUT2D eigenvalue weighted by molar-refractivity contribution is 5.78. The Hall–Kier alpha value is -1.49. The van der Waals surface area contributed by atoms with Crippen LogP contribution >= 0.6 is 0 Å². The molecule has 0 aliphatic carbocycles. The molecule has 1 fully saturated rings. The third-order valence-corrected chi connectivity index (χ3v) is 2.34. The lowest BCUT2D eigenvalue weighted by Gasteiger charge is -2.26. The summed E-state index contributed by atoms with van der Waals surface area (Å²) in [6, 6.07) is 3.04. The van der Waals surface area contributed by atoms with Gasteiger partial charge in [0.15, 0.2) is 0 Å². The Labute approximate surface area is 87.2 Å². The summed E-state index contributed by atoms with van der Waals surface area (Å²) in [6.07, 6.45) is 0.195. The van der Waals surface area contributed by atoms with E-state index in [-0.39, 0.29) is 18.3 Å². The first-order valence-electron chi connectivity index (χ1n) is 4.89. The zero-order valence-corrected chi connectivity index (χ0v) is 8.31. The van der Waals surface area contributed by atoms with Crippen molar-refractivity contribution >= 4 is 5.91 Å². The molecular weight excluding hydrogens is 198 g/mol. The number of furan rings is 1. The second-order valence-electron chi connectivity index (χ2n) is 3.41. The van der Waals surface area contributed by atoms with Crippen LogP contribution in [0.2, 0.25) is 0 Å². The van der Waals surface area contributed by atoms with Crippen LogP contribution in [0.4, 0.5) is 0 Å². The lowest BCUT2D eigenvalue weighted by Crippen LogP contribution is -2.41. The lowest BCUT2D eigenvalue weighted by molar-refractivity contribution is -0.134. The molecule has 0 bridgehead atoms. The number of carbonyl (C=O) groups excluding carboxylic acids is 1. The van der Waals surface area contributed by atoms with Crippen LogP contribution in [-0.2, 0) is 16.0 Å². The van der Waals surface area contributed by atoms with Crippen molar-refractivity contribution in [2.75, 3.05) is 26.3 Å². The van der Waals surface area contributed by atoms with Crippen LogP contribution in [0, 0.1) is 0 Å². The first kappa shape index (κ1) is 10.0. The van der Waals surface area contributed by atoms with Crippen molar-refractivity contribution in [2.24, 2.45) is 0 Å². The molecule has 0 atom stereocenters. The maximum Gasteiger partial charge on any atom is 0.281 e. The Morgan fingerprint density at radius 1 is 1.40 bits per heavy atom. The number of rotatable bonds is 2. The van der Waals surface area contributed by atoms with Crippen LogP contribution in [0.1, 0.15) is 5.76 Å². The van der Waals surface area contributed by atoms with Gasteiger partial charge in [0.2, 0.25) is 5.91 Å². The first-order chi connectivity index (χ1) is 7.25. The van der Waals surface area contributed by atoms with Gasteiger partial charge in [0, 0.05) is 19.2 Å². The van der Waals surface area contributed by atoms with Gasteiger partial charge in [0.25, 0.3) is 5.95 Å². The largest absolute Gasteiger partial charge is 0.481 e. The van der Waals surface area contributed by atoms with E-state index in [4.69, 9.17) is 14.3 Å². The van der Waals surface area contributed by atoms with Crippen LogP contribution in [0.25, 0.3) is 0 Å². The highest BCUT2D eigenvalue weighted by atomic mass is 16.5. The van der Waals surface area contributed by atoms with E-state index in [2.05, 4.69) is 0 Å². The zero-order valence-electron chi connectivity index (χ0n) is 8.31. The molecule has 15 heavy (non-hydrogen) atoms. The summed E-state index contributed by atoms with van der Waals surface area (Å²) in [5.41, 5.74) is 0. The molecule has 0 spiro atoms. The number of ether oxygens (including phenoxy) is 1. The van der Waals surface area contributed by atoms with Crippen LogP contribution in [0.3, 0.4) is 0 Å². The number of aromatic hydroxyl groups is 1. The fourth-order valence-electron chi connectivity index (χ4n) is 1.54. The maximum atomic E-state index is 11.7. The quantitative estimate of drug-likeness (QED) is 0.768. The average Bonchev–Trinajstić information content (AvgIpc) is 2.65. The summed E-state index contributed by atoms with van der Waals surface area (Å²) in [6.45, 7) is 2.45. The molecule has 5 heteroatoms. The third kappa shape index (κ3) is 2.50. The molecule has 2 heterocycles. The van der Waals surface area contributed by atoms with Crippen molar-refractivity contribution in [1.82, 2.24) is 4.90 Å². The predicted octanol–water partition coefficient (Wildman–Crippen LogP) is 0.387. The maximum absolute atomic E-state index is 11.7. The highest BCUT2D eigenvalue weighted by Crippen LogP contribution is 2.14. The number of nitrogens with zero attached hydrogens (tertiary/aromatic N) is 1. The Morgan fingerprint density at radius 2 is 2.13 bits per heavy atom. The molecule has 82 valence electrons. The molecule has 1 aromatic rings. The fraction of sp³-hybridized carbons (Fsp3) is 0.500. The minimum Gasteiger partial charge on any atom is -0.481 e. The molecule has 0 radical (unpaired) electrons. The molecule has 0 saturated carbocycles. The summed E-state index contributed by atoms with van der Waals surface area (Å²) < 4.78 is 10.1. The van der Waals surface area contributed by atoms with E-state index < -0.39 is 0 Å². The monoisotopic (exact) mass is 211 g/mol. The molecule has 1 aromatic heterocycles. The summed E-state index contributed by atoms with van der Waals surface area (Å²) in [5, 5.41) is 8.96. The van der Waals surface area contributed by atoms with Crippen molar-refractivity contribution in [3.63, 3.8) is 0 Å². The van der Waals surface area contributed by atoms with Crippen molar-refractivity contribution in [3.05, 3.63) is 17.9 Å². The smallest absolute Gasteiger partial charge is 0.281 e. The van der Waals surface area contributed by atoms with Gasteiger partial charge in [-0.1, -0.05) is 0 Å². The first-order valence-corrected chi connectivity index (χ1v) is 4.89. The number of hydrogen-bond acceptors (Lipinski definition) is 4. The predicted molar refractivity (Wildman–Crippen MR) is 51.5 cm³/mol. The highest BCUT2D eigenvalue weighted by Gasteiger charge is 2.18. The van der Waals surface area contributed by atoms with Gasteiger partial charge >= 0.3 is 0 Å². The summed E-state index contributed by atoms with van der Waals surface area (Å²) in [5.74, 6) is 0.344.